The van der Waals surface area contributed by atoms with Crippen molar-refractivity contribution in [1.29, 1.82) is 0 Å². The fourth-order valence-electron chi connectivity index (χ4n) is 2.15. The highest BCUT2D eigenvalue weighted by atomic mass is 79.9. The first-order valence-electron chi connectivity index (χ1n) is 6.80. The largest absolute Gasteiger partial charge is 0.398 e. The fraction of sp³-hybridized carbons (Fsp3) is 0.533. The third kappa shape index (κ3) is 4.62. The summed E-state index contributed by atoms with van der Waals surface area (Å²) in [7, 11) is 0. The maximum Gasteiger partial charge on any atom is 0.159 e. The molecule has 0 aromatic heterocycles. The molecule has 0 spiro atoms. The zero-order valence-corrected chi connectivity index (χ0v) is 13.6. The Hall–Kier alpha value is -0.870. The molecule has 3 nitrogen and oxygen atoms in total. The lowest BCUT2D eigenvalue weighted by molar-refractivity contribution is 0.101. The normalized spacial score (nSPS) is 11.0. The number of ketones is 1. The number of rotatable bonds is 7. The van der Waals surface area contributed by atoms with Gasteiger partial charge in [-0.3, -0.25) is 9.69 Å². The molecule has 0 saturated heterocycles. The molecule has 0 heterocycles. The van der Waals surface area contributed by atoms with Gasteiger partial charge in [0, 0.05) is 16.6 Å². The van der Waals surface area contributed by atoms with Crippen LogP contribution in [0.15, 0.2) is 16.6 Å². The van der Waals surface area contributed by atoms with Gasteiger partial charge < -0.3 is 5.73 Å². The zero-order chi connectivity index (χ0) is 14.4. The summed E-state index contributed by atoms with van der Waals surface area (Å²) >= 11 is 3.44. The summed E-state index contributed by atoms with van der Waals surface area (Å²) in [6, 6.07) is 3.71. The lowest BCUT2D eigenvalue weighted by Gasteiger charge is -2.22. The Bertz CT molecular complexity index is 440. The lowest BCUT2D eigenvalue weighted by Crippen LogP contribution is -2.25. The molecule has 0 radical (unpaired) electrons. The van der Waals surface area contributed by atoms with Crippen molar-refractivity contribution < 1.29 is 4.79 Å². The first kappa shape index (κ1) is 16.2. The number of benzene rings is 1. The zero-order valence-electron chi connectivity index (χ0n) is 12.0. The summed E-state index contributed by atoms with van der Waals surface area (Å²) in [6.45, 7) is 8.83. The Labute approximate surface area is 124 Å². The minimum atomic E-state index is 0.0690. The second-order valence-corrected chi connectivity index (χ2v) is 5.72. The summed E-state index contributed by atoms with van der Waals surface area (Å²) in [6.07, 6.45) is 2.24. The van der Waals surface area contributed by atoms with Crippen LogP contribution < -0.4 is 5.73 Å². The topological polar surface area (TPSA) is 46.3 Å². The predicted octanol–water partition coefficient (Wildman–Crippen LogP) is 3.86. The number of anilines is 1. The van der Waals surface area contributed by atoms with Gasteiger partial charge in [-0.2, -0.15) is 0 Å². The van der Waals surface area contributed by atoms with Crippen molar-refractivity contribution in [1.82, 2.24) is 4.90 Å². The number of halogens is 1. The van der Waals surface area contributed by atoms with Gasteiger partial charge in [-0.25, -0.2) is 0 Å². The number of hydrogen-bond donors (Lipinski definition) is 1. The fourth-order valence-corrected chi connectivity index (χ4v) is 2.65. The molecule has 1 aromatic rings. The maximum atomic E-state index is 11.5. The predicted molar refractivity (Wildman–Crippen MR) is 84.4 cm³/mol. The molecular weight excluding hydrogens is 304 g/mol. The smallest absolute Gasteiger partial charge is 0.159 e. The quantitative estimate of drug-likeness (QED) is 0.611. The molecule has 1 aromatic carbocycles. The monoisotopic (exact) mass is 326 g/mol. The van der Waals surface area contributed by atoms with Crippen molar-refractivity contribution in [2.75, 3.05) is 18.8 Å². The van der Waals surface area contributed by atoms with E-state index in [4.69, 9.17) is 5.73 Å². The van der Waals surface area contributed by atoms with Crippen molar-refractivity contribution in [3.63, 3.8) is 0 Å². The molecule has 0 unspecified atom stereocenters. The second kappa shape index (κ2) is 7.65. The maximum absolute atomic E-state index is 11.5. The van der Waals surface area contributed by atoms with Gasteiger partial charge in [0.25, 0.3) is 0 Å². The van der Waals surface area contributed by atoms with Crippen LogP contribution in [0.3, 0.4) is 0 Å². The van der Waals surface area contributed by atoms with E-state index in [2.05, 4.69) is 34.7 Å². The van der Waals surface area contributed by atoms with Crippen LogP contribution in [0.2, 0.25) is 0 Å². The Morgan fingerprint density at radius 2 is 1.84 bits per heavy atom. The van der Waals surface area contributed by atoms with Crippen molar-refractivity contribution in [3.8, 4) is 0 Å². The summed E-state index contributed by atoms with van der Waals surface area (Å²) in [5, 5.41) is 0. The van der Waals surface area contributed by atoms with Gasteiger partial charge in [0.15, 0.2) is 5.78 Å². The van der Waals surface area contributed by atoms with Crippen LogP contribution in [0.25, 0.3) is 0 Å². The van der Waals surface area contributed by atoms with Gasteiger partial charge in [0.1, 0.15) is 0 Å². The van der Waals surface area contributed by atoms with E-state index in [1.54, 1.807) is 13.0 Å². The summed E-state index contributed by atoms with van der Waals surface area (Å²) in [4.78, 5) is 13.9. The van der Waals surface area contributed by atoms with Crippen molar-refractivity contribution >= 4 is 27.4 Å². The van der Waals surface area contributed by atoms with E-state index >= 15 is 0 Å². The van der Waals surface area contributed by atoms with Crippen LogP contribution in [-0.4, -0.2) is 23.8 Å². The highest BCUT2D eigenvalue weighted by Gasteiger charge is 2.12. The SMILES string of the molecule is CCCN(CCC)Cc1cc(C(C)=O)cc(Br)c1N. The van der Waals surface area contributed by atoms with Gasteiger partial charge >= 0.3 is 0 Å². The minimum absolute atomic E-state index is 0.0690. The van der Waals surface area contributed by atoms with Crippen LogP contribution in [0, 0.1) is 0 Å². The van der Waals surface area contributed by atoms with Gasteiger partial charge in [-0.1, -0.05) is 13.8 Å². The first-order valence-corrected chi connectivity index (χ1v) is 7.60. The molecule has 0 aliphatic heterocycles. The number of carbonyl (C=O) groups is 1. The molecular formula is C15H23BrN2O. The van der Waals surface area contributed by atoms with Gasteiger partial charge in [-0.15, -0.1) is 0 Å². The number of carbonyl (C=O) groups excluding carboxylic acids is 1. The summed E-state index contributed by atoms with van der Waals surface area (Å²) < 4.78 is 0.808. The standard InChI is InChI=1S/C15H23BrN2O/c1-4-6-18(7-5-2)10-13-8-12(11(3)19)9-14(16)15(13)17/h8-9H,4-7,10,17H2,1-3H3. The van der Waals surface area contributed by atoms with Gasteiger partial charge in [-0.05, 0) is 66.5 Å². The van der Waals surface area contributed by atoms with Crippen LogP contribution in [0.5, 0.6) is 0 Å². The van der Waals surface area contributed by atoms with Crippen LogP contribution in [0.1, 0.15) is 49.5 Å². The van der Waals surface area contributed by atoms with Gasteiger partial charge in [0.2, 0.25) is 0 Å². The summed E-state index contributed by atoms with van der Waals surface area (Å²) in [5.41, 5.74) is 8.59. The molecule has 1 rings (SSSR count). The van der Waals surface area contributed by atoms with E-state index in [0.717, 1.165) is 48.2 Å². The van der Waals surface area contributed by atoms with Crippen LogP contribution in [0.4, 0.5) is 5.69 Å². The highest BCUT2D eigenvalue weighted by molar-refractivity contribution is 9.10. The highest BCUT2D eigenvalue weighted by Crippen LogP contribution is 2.27. The number of hydrogen-bond acceptors (Lipinski definition) is 3. The third-order valence-corrected chi connectivity index (χ3v) is 3.75. The molecule has 19 heavy (non-hydrogen) atoms. The molecule has 4 heteroatoms. The molecule has 0 aliphatic carbocycles. The van der Waals surface area contributed by atoms with Crippen LogP contribution in [-0.2, 0) is 6.54 Å². The van der Waals surface area contributed by atoms with E-state index in [1.165, 1.54) is 0 Å². The third-order valence-electron chi connectivity index (χ3n) is 3.10. The first-order chi connectivity index (χ1) is 8.99. The molecule has 0 fully saturated rings. The molecule has 2 N–H and O–H groups in total. The van der Waals surface area contributed by atoms with Crippen molar-refractivity contribution in [2.24, 2.45) is 0 Å². The number of nitrogens with two attached hydrogens (primary N) is 1. The molecule has 0 atom stereocenters. The Morgan fingerprint density at radius 3 is 2.32 bits per heavy atom. The molecule has 0 aliphatic rings. The average molecular weight is 327 g/mol. The number of nitrogen functional groups attached to an aromatic ring is 1. The van der Waals surface area contributed by atoms with Crippen LogP contribution >= 0.6 is 15.9 Å². The second-order valence-electron chi connectivity index (χ2n) is 4.86. The molecule has 106 valence electrons. The van der Waals surface area contributed by atoms with E-state index < -0.39 is 0 Å². The molecule has 0 bridgehead atoms. The average Bonchev–Trinajstić information content (AvgIpc) is 2.35. The van der Waals surface area contributed by atoms with E-state index in [0.29, 0.717) is 5.56 Å². The van der Waals surface area contributed by atoms with E-state index in [1.807, 2.05) is 6.07 Å². The Kier molecular flexibility index (Phi) is 6.52. The minimum Gasteiger partial charge on any atom is -0.398 e. The lowest BCUT2D eigenvalue weighted by atomic mass is 10.1. The Morgan fingerprint density at radius 1 is 1.26 bits per heavy atom. The van der Waals surface area contributed by atoms with E-state index in [-0.39, 0.29) is 5.78 Å². The van der Waals surface area contributed by atoms with Crippen molar-refractivity contribution in [2.45, 2.75) is 40.2 Å². The van der Waals surface area contributed by atoms with Crippen molar-refractivity contribution in [3.05, 3.63) is 27.7 Å². The number of nitrogens with zero attached hydrogens (tertiary/aromatic N) is 1. The summed E-state index contributed by atoms with van der Waals surface area (Å²) in [5.74, 6) is 0.0690. The number of Topliss-reactive ketones (excluding diaryl/α,β-unsaturated/α-hetero) is 1. The Balaban J connectivity index is 3.00. The molecule has 0 amide bonds. The van der Waals surface area contributed by atoms with E-state index in [9.17, 15) is 4.79 Å². The van der Waals surface area contributed by atoms with Gasteiger partial charge in [0.05, 0.1) is 5.69 Å². The molecule has 0 saturated carbocycles.